The number of rotatable bonds is 3. The molecule has 0 radical (unpaired) electrons. The number of halogens is 2. The molecule has 2 aromatic carbocycles. The van der Waals surface area contributed by atoms with Crippen LogP contribution in [-0.2, 0) is 22.9 Å². The first-order valence-corrected chi connectivity index (χ1v) is 14.8. The SMILES string of the molecule is CC1=C(C)C(C)[C]([Hf+2][CH]2C(n3c(C)c(C)c4ccccc43)=Cc3ccccc32)=C1C.[Cl-].[Cl-]. The minimum Gasteiger partial charge on any atom is -1.00 e. The van der Waals surface area contributed by atoms with Crippen LogP contribution in [0.2, 0.25) is 0 Å². The number of aromatic nitrogens is 1. The van der Waals surface area contributed by atoms with Crippen LogP contribution in [0, 0.1) is 19.8 Å². The molecule has 2 unspecified atom stereocenters. The van der Waals surface area contributed by atoms with Crippen LogP contribution in [0.5, 0.6) is 0 Å². The first kappa shape index (κ1) is 25.3. The van der Waals surface area contributed by atoms with E-state index in [2.05, 4.69) is 101 Å². The Morgan fingerprint density at radius 2 is 1.47 bits per heavy atom. The van der Waals surface area contributed by atoms with E-state index in [0.717, 1.165) is 0 Å². The normalized spacial score (nSPS) is 19.5. The fourth-order valence-electron chi connectivity index (χ4n) is 5.27. The molecule has 2 aliphatic carbocycles. The van der Waals surface area contributed by atoms with Gasteiger partial charge in [0.15, 0.2) is 0 Å². The van der Waals surface area contributed by atoms with E-state index >= 15 is 0 Å². The van der Waals surface area contributed by atoms with Gasteiger partial charge >= 0.3 is 192 Å². The number of benzene rings is 2. The predicted octanol–water partition coefficient (Wildman–Crippen LogP) is 1.66. The van der Waals surface area contributed by atoms with Gasteiger partial charge in [-0.2, -0.15) is 0 Å². The molecule has 4 heteroatoms. The second-order valence-electron chi connectivity index (χ2n) is 8.91. The molecule has 1 nitrogen and oxygen atoms in total. The molecule has 164 valence electrons. The monoisotopic (exact) mass is 629 g/mol. The molecule has 0 amide bonds. The summed E-state index contributed by atoms with van der Waals surface area (Å²) in [6, 6.07) is 18.0. The summed E-state index contributed by atoms with van der Waals surface area (Å²) in [6.07, 6.45) is 2.48. The number of nitrogens with zero attached hydrogens (tertiary/aromatic N) is 1. The Balaban J connectivity index is 0.00000144. The summed E-state index contributed by atoms with van der Waals surface area (Å²) in [5.74, 6) is 0.631. The van der Waals surface area contributed by atoms with Crippen LogP contribution in [0.15, 0.2) is 68.6 Å². The van der Waals surface area contributed by atoms with Crippen LogP contribution in [0.25, 0.3) is 22.7 Å². The van der Waals surface area contributed by atoms with Gasteiger partial charge in [0.05, 0.1) is 0 Å². The Labute approximate surface area is 215 Å². The zero-order chi connectivity index (χ0) is 21.2. The van der Waals surface area contributed by atoms with Crippen LogP contribution in [0.3, 0.4) is 0 Å². The number of para-hydroxylation sites is 1. The van der Waals surface area contributed by atoms with Gasteiger partial charge in [-0.1, -0.05) is 0 Å². The molecular formula is C28H29Cl2HfN. The molecule has 2 aliphatic rings. The van der Waals surface area contributed by atoms with E-state index in [1.165, 1.54) is 33.4 Å². The topological polar surface area (TPSA) is 4.93 Å². The smallest absolute Gasteiger partial charge is 1.00 e. The van der Waals surface area contributed by atoms with Crippen molar-refractivity contribution in [1.29, 1.82) is 0 Å². The van der Waals surface area contributed by atoms with Gasteiger partial charge < -0.3 is 24.8 Å². The van der Waals surface area contributed by atoms with Crippen molar-refractivity contribution in [2.24, 2.45) is 5.92 Å². The number of hydrogen-bond acceptors (Lipinski definition) is 0. The van der Waals surface area contributed by atoms with Gasteiger partial charge in [-0.15, -0.1) is 0 Å². The fourth-order valence-corrected chi connectivity index (χ4v) is 12.3. The molecule has 0 spiro atoms. The van der Waals surface area contributed by atoms with Crippen LogP contribution < -0.4 is 24.8 Å². The van der Waals surface area contributed by atoms with Crippen molar-refractivity contribution in [3.8, 4) is 0 Å². The summed E-state index contributed by atoms with van der Waals surface area (Å²) in [6.45, 7) is 14.0. The van der Waals surface area contributed by atoms with Gasteiger partial charge in [0, 0.05) is 0 Å². The molecule has 5 rings (SSSR count). The van der Waals surface area contributed by atoms with Crippen molar-refractivity contribution < 1.29 is 47.7 Å². The maximum absolute atomic E-state index is 2.57. The largest absolute Gasteiger partial charge is 1.00 e. The van der Waals surface area contributed by atoms with Crippen LogP contribution >= 0.6 is 0 Å². The third-order valence-electron chi connectivity index (χ3n) is 7.53. The second-order valence-corrected chi connectivity index (χ2v) is 14.0. The molecule has 0 fully saturated rings. The van der Waals surface area contributed by atoms with Crippen molar-refractivity contribution >= 4 is 22.7 Å². The Hall–Kier alpha value is -1.35. The third kappa shape index (κ3) is 3.73. The number of fused-ring (bicyclic) bond motifs is 2. The molecule has 0 N–H and O–H groups in total. The van der Waals surface area contributed by atoms with E-state index in [-0.39, 0.29) is 24.8 Å². The van der Waals surface area contributed by atoms with Gasteiger partial charge in [-0.3, -0.25) is 0 Å². The van der Waals surface area contributed by atoms with Gasteiger partial charge in [0.1, 0.15) is 0 Å². The minimum atomic E-state index is -1.16. The summed E-state index contributed by atoms with van der Waals surface area (Å²) in [7, 11) is 0. The minimum absolute atomic E-state index is 0. The zero-order valence-electron chi connectivity index (χ0n) is 19.6. The standard InChI is InChI=1S/C19H16N.C9H13.2ClH.Hf/c1-13-14(2)20(19-10-6-5-9-18(13)19)17-11-15-7-3-4-8-16(15)12-17;1-6-5-7(2)9(4)8(6)3;;;/h3-12H,1-2H3;6H,1-4H3;2*1H;/q;;;;+2/p-2. The summed E-state index contributed by atoms with van der Waals surface area (Å²) in [4.78, 5) is 0. The summed E-state index contributed by atoms with van der Waals surface area (Å²) < 4.78 is 4.97. The molecule has 0 saturated carbocycles. The molecule has 0 bridgehead atoms. The Bertz CT molecular complexity index is 1290. The van der Waals surface area contributed by atoms with Gasteiger partial charge in [0.25, 0.3) is 0 Å². The first-order chi connectivity index (χ1) is 14.4. The van der Waals surface area contributed by atoms with Gasteiger partial charge in [-0.25, -0.2) is 0 Å². The van der Waals surface area contributed by atoms with E-state index in [9.17, 15) is 0 Å². The van der Waals surface area contributed by atoms with E-state index in [1.807, 2.05) is 3.33 Å². The van der Waals surface area contributed by atoms with Crippen molar-refractivity contribution in [3.05, 3.63) is 91.0 Å². The van der Waals surface area contributed by atoms with Gasteiger partial charge in [-0.05, 0) is 0 Å². The molecule has 0 saturated heterocycles. The summed E-state index contributed by atoms with van der Waals surface area (Å²) in [5, 5.41) is 1.39. The predicted molar refractivity (Wildman–Crippen MR) is 125 cm³/mol. The van der Waals surface area contributed by atoms with E-state index in [4.69, 9.17) is 0 Å². The first-order valence-electron chi connectivity index (χ1n) is 10.9. The number of allylic oxidation sites excluding steroid dienone is 5. The van der Waals surface area contributed by atoms with Gasteiger partial charge in [0.2, 0.25) is 0 Å². The molecule has 1 heterocycles. The zero-order valence-corrected chi connectivity index (χ0v) is 24.7. The van der Waals surface area contributed by atoms with Crippen LogP contribution in [0.4, 0.5) is 0 Å². The van der Waals surface area contributed by atoms with Crippen molar-refractivity contribution in [2.45, 2.75) is 45.2 Å². The Morgan fingerprint density at radius 1 is 0.812 bits per heavy atom. The molecule has 1 aromatic heterocycles. The maximum Gasteiger partial charge on any atom is -1.00 e. The molecule has 0 aliphatic heterocycles. The van der Waals surface area contributed by atoms with Crippen molar-refractivity contribution in [2.75, 3.05) is 0 Å². The average Bonchev–Trinajstić information content (AvgIpc) is 3.30. The summed E-state index contributed by atoms with van der Waals surface area (Å²) in [5.41, 5.74) is 13.4. The quantitative estimate of drug-likeness (QED) is 0.389. The Kier molecular flexibility index (Phi) is 7.49. The van der Waals surface area contributed by atoms with Crippen LogP contribution in [-0.4, -0.2) is 4.57 Å². The molecule has 2 atom stereocenters. The molecular weight excluding hydrogens is 600 g/mol. The van der Waals surface area contributed by atoms with Crippen molar-refractivity contribution in [3.63, 3.8) is 0 Å². The van der Waals surface area contributed by atoms with E-state index in [0.29, 0.717) is 9.59 Å². The summed E-state index contributed by atoms with van der Waals surface area (Å²) >= 11 is -1.16. The Morgan fingerprint density at radius 3 is 2.16 bits per heavy atom. The number of hydrogen-bond donors (Lipinski definition) is 0. The van der Waals surface area contributed by atoms with Crippen molar-refractivity contribution in [1.82, 2.24) is 4.57 Å². The molecule has 32 heavy (non-hydrogen) atoms. The van der Waals surface area contributed by atoms with E-state index < -0.39 is 22.9 Å². The van der Waals surface area contributed by atoms with E-state index in [1.54, 1.807) is 22.3 Å². The number of aryl methyl sites for hydroxylation is 1. The fraction of sp³-hybridized carbons (Fsp3) is 0.286. The van der Waals surface area contributed by atoms with Crippen LogP contribution in [0.1, 0.15) is 53.8 Å². The second kappa shape index (κ2) is 9.49. The average molecular weight is 629 g/mol. The third-order valence-corrected chi connectivity index (χ3v) is 14.8. The molecule has 3 aromatic rings. The maximum atomic E-state index is 2.57.